The number of hydrogen-bond donors (Lipinski definition) is 1. The van der Waals surface area contributed by atoms with Crippen molar-refractivity contribution in [3.05, 3.63) is 71.2 Å². The Kier molecular flexibility index (Phi) is 7.99. The molecule has 13 heteroatoms. The van der Waals surface area contributed by atoms with Gasteiger partial charge in [-0.25, -0.2) is 4.79 Å². The predicted octanol–water partition coefficient (Wildman–Crippen LogP) is 4.74. The molecule has 35 heavy (non-hydrogen) atoms. The van der Waals surface area contributed by atoms with Gasteiger partial charge in [-0.2, -0.15) is 0 Å². The minimum atomic E-state index is -4.89. The monoisotopic (exact) mass is 508 g/mol. The van der Waals surface area contributed by atoms with E-state index in [1.165, 1.54) is 24.3 Å². The molecule has 0 bridgehead atoms. The normalized spacial score (nSPS) is 16.2. The van der Waals surface area contributed by atoms with Gasteiger partial charge in [-0.3, -0.25) is 0 Å². The van der Waals surface area contributed by atoms with Gasteiger partial charge < -0.3 is 28.8 Å². The third-order valence-corrected chi connectivity index (χ3v) is 4.38. The summed E-state index contributed by atoms with van der Waals surface area (Å²) in [5, 5.41) is 9.24. The summed E-state index contributed by atoms with van der Waals surface area (Å²) in [7, 11) is 0. The minimum absolute atomic E-state index is 0.0555. The minimum Gasteiger partial charge on any atom is -0.485 e. The van der Waals surface area contributed by atoms with Crippen LogP contribution in [0.2, 0.25) is 0 Å². The van der Waals surface area contributed by atoms with E-state index in [0.29, 0.717) is 0 Å². The standard InChI is InChI=1S/C22H18F6O7/c23-21(24,25)34-15-5-1-3-13(9-15)11-31-18-17(7-8-29)33-20(30)19(18)32-12-14-4-2-6-16(10-14)35-22(26,27)28/h1-6,9-10,17,29H,7-8,11-12H2. The van der Waals surface area contributed by atoms with Gasteiger partial charge in [-0.1, -0.05) is 24.3 Å². The van der Waals surface area contributed by atoms with Crippen LogP contribution < -0.4 is 9.47 Å². The lowest BCUT2D eigenvalue weighted by Crippen LogP contribution is -2.17. The molecule has 3 rings (SSSR count). The summed E-state index contributed by atoms with van der Waals surface area (Å²) in [6.45, 7) is -1.04. The van der Waals surface area contributed by atoms with Crippen LogP contribution in [0.1, 0.15) is 17.5 Å². The molecule has 0 saturated carbocycles. The van der Waals surface area contributed by atoms with Gasteiger partial charge in [0.2, 0.25) is 5.76 Å². The van der Waals surface area contributed by atoms with Crippen molar-refractivity contribution >= 4 is 5.97 Å². The van der Waals surface area contributed by atoms with Gasteiger partial charge in [-0.05, 0) is 35.4 Å². The Labute approximate surface area is 194 Å². The first-order valence-electron chi connectivity index (χ1n) is 9.94. The zero-order valence-electron chi connectivity index (χ0n) is 17.7. The predicted molar refractivity (Wildman–Crippen MR) is 104 cm³/mol. The molecule has 0 aromatic heterocycles. The fourth-order valence-electron chi connectivity index (χ4n) is 3.06. The first-order chi connectivity index (χ1) is 16.4. The van der Waals surface area contributed by atoms with Crippen LogP contribution >= 0.6 is 0 Å². The molecule has 1 heterocycles. The molecule has 7 nitrogen and oxygen atoms in total. The van der Waals surface area contributed by atoms with Crippen molar-refractivity contribution in [1.29, 1.82) is 0 Å². The van der Waals surface area contributed by atoms with E-state index < -0.39 is 36.3 Å². The summed E-state index contributed by atoms with van der Waals surface area (Å²) in [6, 6.07) is 9.82. The van der Waals surface area contributed by atoms with Crippen molar-refractivity contribution in [3.63, 3.8) is 0 Å². The Morgan fingerprint density at radius 2 is 1.34 bits per heavy atom. The van der Waals surface area contributed by atoms with Gasteiger partial charge in [0, 0.05) is 13.0 Å². The molecular formula is C22H18F6O7. The highest BCUT2D eigenvalue weighted by atomic mass is 19.4. The fourth-order valence-corrected chi connectivity index (χ4v) is 3.06. The lowest BCUT2D eigenvalue weighted by Gasteiger charge is -2.15. The maximum atomic E-state index is 12.4. The number of alkyl halides is 6. The fraction of sp³-hybridized carbons (Fsp3) is 0.318. The molecule has 0 spiro atoms. The van der Waals surface area contributed by atoms with Crippen molar-refractivity contribution in [3.8, 4) is 11.5 Å². The van der Waals surface area contributed by atoms with Crippen LogP contribution in [0, 0.1) is 0 Å². The number of rotatable bonds is 10. The number of hydrogen-bond acceptors (Lipinski definition) is 7. The Morgan fingerprint density at radius 1 is 0.829 bits per heavy atom. The maximum Gasteiger partial charge on any atom is 0.573 e. The molecule has 0 amide bonds. The topological polar surface area (TPSA) is 83.5 Å². The molecular weight excluding hydrogens is 490 g/mol. The molecule has 0 radical (unpaired) electrons. The number of aliphatic hydroxyl groups is 1. The van der Waals surface area contributed by atoms with Crippen LogP contribution in [0.5, 0.6) is 11.5 Å². The lowest BCUT2D eigenvalue weighted by atomic mass is 10.2. The molecule has 0 aliphatic carbocycles. The molecule has 0 fully saturated rings. The van der Waals surface area contributed by atoms with E-state index in [1.807, 2.05) is 0 Å². The van der Waals surface area contributed by atoms with Crippen LogP contribution in [0.25, 0.3) is 0 Å². The van der Waals surface area contributed by atoms with Crippen molar-refractivity contribution in [2.24, 2.45) is 0 Å². The van der Waals surface area contributed by atoms with Crippen molar-refractivity contribution in [2.45, 2.75) is 38.5 Å². The largest absolute Gasteiger partial charge is 0.573 e. The highest BCUT2D eigenvalue weighted by molar-refractivity contribution is 5.89. The Hall–Kier alpha value is -3.61. The quantitative estimate of drug-likeness (QED) is 0.367. The molecule has 1 aliphatic rings. The van der Waals surface area contributed by atoms with Crippen LogP contribution in [0.3, 0.4) is 0 Å². The number of cyclic esters (lactones) is 1. The number of esters is 1. The van der Waals surface area contributed by atoms with E-state index in [9.17, 15) is 36.2 Å². The van der Waals surface area contributed by atoms with E-state index >= 15 is 0 Å². The smallest absolute Gasteiger partial charge is 0.485 e. The van der Waals surface area contributed by atoms with Crippen LogP contribution in [0.4, 0.5) is 26.3 Å². The van der Waals surface area contributed by atoms with Crippen LogP contribution in [0.15, 0.2) is 60.0 Å². The zero-order chi connectivity index (χ0) is 25.6. The summed E-state index contributed by atoms with van der Waals surface area (Å²) >= 11 is 0. The second kappa shape index (κ2) is 10.8. The summed E-state index contributed by atoms with van der Waals surface area (Å²) < 4.78 is 98.5. The third-order valence-electron chi connectivity index (χ3n) is 4.38. The second-order valence-electron chi connectivity index (χ2n) is 7.07. The number of carbonyl (C=O) groups is 1. The number of halogens is 6. The number of carbonyl (C=O) groups excluding carboxylic acids is 1. The Morgan fingerprint density at radius 3 is 1.83 bits per heavy atom. The van der Waals surface area contributed by atoms with E-state index in [-0.39, 0.29) is 48.9 Å². The van der Waals surface area contributed by atoms with Gasteiger partial charge in [0.05, 0.1) is 0 Å². The SMILES string of the molecule is O=C1OC(CCO)C(OCc2cccc(OC(F)(F)F)c2)=C1OCc1cccc(OC(F)(F)F)c1. The molecule has 1 atom stereocenters. The van der Waals surface area contributed by atoms with Crippen molar-refractivity contribution < 1.29 is 59.9 Å². The highest BCUT2D eigenvalue weighted by Crippen LogP contribution is 2.30. The Balaban J connectivity index is 1.74. The second-order valence-corrected chi connectivity index (χ2v) is 7.07. The van der Waals surface area contributed by atoms with Crippen molar-refractivity contribution in [1.82, 2.24) is 0 Å². The Bertz CT molecular complexity index is 1060. The summed E-state index contributed by atoms with van der Waals surface area (Å²) in [5.41, 5.74) is 0.492. The van der Waals surface area contributed by atoms with E-state index in [4.69, 9.17) is 14.2 Å². The molecule has 1 unspecified atom stereocenters. The van der Waals surface area contributed by atoms with Gasteiger partial charge in [0.1, 0.15) is 24.7 Å². The van der Waals surface area contributed by atoms with Gasteiger partial charge in [0.25, 0.3) is 0 Å². The molecule has 190 valence electrons. The molecule has 1 N–H and O–H groups in total. The first kappa shape index (κ1) is 26.0. The first-order valence-corrected chi connectivity index (χ1v) is 9.94. The molecule has 0 saturated heterocycles. The van der Waals surface area contributed by atoms with Gasteiger partial charge >= 0.3 is 18.7 Å². The zero-order valence-corrected chi connectivity index (χ0v) is 17.7. The maximum absolute atomic E-state index is 12.4. The highest BCUT2D eigenvalue weighted by Gasteiger charge is 2.38. The summed E-state index contributed by atoms with van der Waals surface area (Å²) in [4.78, 5) is 12.3. The third kappa shape index (κ3) is 7.98. The molecule has 1 aliphatic heterocycles. The van der Waals surface area contributed by atoms with Crippen LogP contribution in [-0.4, -0.2) is 36.5 Å². The number of benzene rings is 2. The average Bonchev–Trinajstić information content (AvgIpc) is 3.03. The lowest BCUT2D eigenvalue weighted by molar-refractivity contribution is -0.275. The summed E-state index contributed by atoms with van der Waals surface area (Å²) in [5.74, 6) is -2.40. The van der Waals surface area contributed by atoms with E-state index in [0.717, 1.165) is 24.3 Å². The van der Waals surface area contributed by atoms with Gasteiger partial charge in [0.15, 0.2) is 11.9 Å². The van der Waals surface area contributed by atoms with Crippen LogP contribution in [-0.2, 0) is 32.2 Å². The number of ether oxygens (including phenoxy) is 5. The summed E-state index contributed by atoms with van der Waals surface area (Å²) in [6.07, 6.45) is -10.9. The average molecular weight is 508 g/mol. The van der Waals surface area contributed by atoms with Crippen molar-refractivity contribution in [2.75, 3.05) is 6.61 Å². The molecule has 2 aromatic carbocycles. The van der Waals surface area contributed by atoms with E-state index in [2.05, 4.69) is 9.47 Å². The van der Waals surface area contributed by atoms with Gasteiger partial charge in [-0.15, -0.1) is 26.3 Å². The molecule has 2 aromatic rings. The van der Waals surface area contributed by atoms with E-state index in [1.54, 1.807) is 0 Å². The number of aliphatic hydroxyl groups excluding tert-OH is 1.